The highest BCUT2D eigenvalue weighted by molar-refractivity contribution is 7.81. The Labute approximate surface area is 113 Å². The van der Waals surface area contributed by atoms with Gasteiger partial charge in [-0.2, -0.15) is 12.6 Å². The molecule has 1 aromatic carbocycles. The van der Waals surface area contributed by atoms with E-state index in [4.69, 9.17) is 5.11 Å². The van der Waals surface area contributed by atoms with Crippen molar-refractivity contribution in [2.75, 3.05) is 11.4 Å². The smallest absolute Gasteiger partial charge is 0.335 e. The number of aromatic carboxylic acids is 1. The molecule has 2 rings (SSSR count). The van der Waals surface area contributed by atoms with Crippen molar-refractivity contribution in [2.24, 2.45) is 0 Å². The minimum Gasteiger partial charge on any atom is -0.478 e. The summed E-state index contributed by atoms with van der Waals surface area (Å²) in [4.78, 5) is 34.1. The van der Waals surface area contributed by atoms with E-state index in [2.05, 4.69) is 12.6 Å². The lowest BCUT2D eigenvalue weighted by atomic mass is 10.1. The van der Waals surface area contributed by atoms with Crippen molar-refractivity contribution >= 4 is 35.9 Å². The van der Waals surface area contributed by atoms with Gasteiger partial charge in [0.05, 0.1) is 10.5 Å². The lowest BCUT2D eigenvalue weighted by Crippen LogP contribution is -2.25. The Balaban J connectivity index is 2.48. The second kappa shape index (κ2) is 4.88. The zero-order valence-corrected chi connectivity index (χ0v) is 10.5. The molecule has 1 unspecified atom stereocenters. The molecule has 1 aliphatic rings. The number of carboxylic acid groups (broad SMARTS) is 1. The molecule has 1 aromatic rings. The van der Waals surface area contributed by atoms with Crippen molar-refractivity contribution in [3.8, 4) is 0 Å². The molecule has 0 aromatic heterocycles. The standard InChI is InChI=1S/C11H10N2O5S/c14-10-4-7(19)5-12(10)8-2-1-6(11(15)16)3-9(8)13(17)18/h1-3,7,19H,4-5H2,(H,15,16). The van der Waals surface area contributed by atoms with Crippen LogP contribution in [0.3, 0.4) is 0 Å². The number of hydrogen-bond acceptors (Lipinski definition) is 5. The van der Waals surface area contributed by atoms with Gasteiger partial charge >= 0.3 is 5.97 Å². The molecule has 8 heteroatoms. The quantitative estimate of drug-likeness (QED) is 0.495. The van der Waals surface area contributed by atoms with Crippen molar-refractivity contribution in [3.05, 3.63) is 33.9 Å². The van der Waals surface area contributed by atoms with E-state index in [1.54, 1.807) is 0 Å². The van der Waals surface area contributed by atoms with Gasteiger partial charge in [-0.05, 0) is 12.1 Å². The first kappa shape index (κ1) is 13.3. The first-order chi connectivity index (χ1) is 8.90. The number of nitrogens with zero attached hydrogens (tertiary/aromatic N) is 2. The van der Waals surface area contributed by atoms with E-state index >= 15 is 0 Å². The third kappa shape index (κ3) is 2.53. The van der Waals surface area contributed by atoms with E-state index < -0.39 is 16.6 Å². The van der Waals surface area contributed by atoms with Crippen LogP contribution < -0.4 is 4.90 Å². The van der Waals surface area contributed by atoms with E-state index in [0.29, 0.717) is 0 Å². The molecule has 0 aliphatic carbocycles. The van der Waals surface area contributed by atoms with Crippen molar-refractivity contribution in [1.29, 1.82) is 0 Å². The predicted octanol–water partition coefficient (Wildman–Crippen LogP) is 1.33. The molecule has 0 spiro atoms. The Morgan fingerprint density at radius 2 is 2.21 bits per heavy atom. The monoisotopic (exact) mass is 282 g/mol. The molecule has 0 saturated carbocycles. The van der Waals surface area contributed by atoms with E-state index in [-0.39, 0.29) is 35.4 Å². The fraction of sp³-hybridized carbons (Fsp3) is 0.273. The summed E-state index contributed by atoms with van der Waals surface area (Å²) in [6, 6.07) is 3.48. The maximum atomic E-state index is 11.7. The van der Waals surface area contributed by atoms with Crippen LogP contribution in [0.25, 0.3) is 0 Å². The zero-order chi connectivity index (χ0) is 14.2. The first-order valence-electron chi connectivity index (χ1n) is 5.40. The van der Waals surface area contributed by atoms with E-state index in [0.717, 1.165) is 6.07 Å². The Bertz CT molecular complexity index is 574. The van der Waals surface area contributed by atoms with Crippen LogP contribution in [0, 0.1) is 10.1 Å². The van der Waals surface area contributed by atoms with E-state index in [1.165, 1.54) is 17.0 Å². The molecule has 1 aliphatic heterocycles. The van der Waals surface area contributed by atoms with Crippen LogP contribution >= 0.6 is 12.6 Å². The Hall–Kier alpha value is -2.09. The van der Waals surface area contributed by atoms with Gasteiger partial charge in [0.1, 0.15) is 5.69 Å². The minimum atomic E-state index is -1.26. The van der Waals surface area contributed by atoms with Gasteiger partial charge in [0.25, 0.3) is 5.69 Å². The second-order valence-corrected chi connectivity index (χ2v) is 4.86. The van der Waals surface area contributed by atoms with Crippen LogP contribution in [0.5, 0.6) is 0 Å². The molecule has 0 radical (unpaired) electrons. The van der Waals surface area contributed by atoms with Gasteiger partial charge in [0, 0.05) is 24.3 Å². The Morgan fingerprint density at radius 3 is 2.68 bits per heavy atom. The van der Waals surface area contributed by atoms with Crippen molar-refractivity contribution in [2.45, 2.75) is 11.7 Å². The molecule has 1 fully saturated rings. The Kier molecular flexibility index (Phi) is 3.43. The minimum absolute atomic E-state index is 0.108. The summed E-state index contributed by atoms with van der Waals surface area (Å²) in [5.41, 5.74) is -0.475. The number of anilines is 1. The molecule has 1 amide bonds. The van der Waals surface area contributed by atoms with Crippen LogP contribution in [-0.4, -0.2) is 33.7 Å². The number of carboxylic acids is 1. The van der Waals surface area contributed by atoms with E-state index in [9.17, 15) is 19.7 Å². The van der Waals surface area contributed by atoms with Crippen LogP contribution in [0.15, 0.2) is 18.2 Å². The summed E-state index contributed by atoms with van der Waals surface area (Å²) in [5.74, 6) is -1.51. The van der Waals surface area contributed by atoms with Gasteiger partial charge < -0.3 is 10.0 Å². The van der Waals surface area contributed by atoms with Gasteiger partial charge in [0.15, 0.2) is 0 Å². The number of rotatable bonds is 3. The summed E-state index contributed by atoms with van der Waals surface area (Å²) in [6.07, 6.45) is 0.209. The highest BCUT2D eigenvalue weighted by atomic mass is 32.1. The van der Waals surface area contributed by atoms with Crippen molar-refractivity contribution in [3.63, 3.8) is 0 Å². The molecular formula is C11H10N2O5S. The predicted molar refractivity (Wildman–Crippen MR) is 69.8 cm³/mol. The summed E-state index contributed by atoms with van der Waals surface area (Å²) >= 11 is 4.17. The Morgan fingerprint density at radius 1 is 1.53 bits per heavy atom. The summed E-state index contributed by atoms with van der Waals surface area (Å²) < 4.78 is 0. The number of thiol groups is 1. The van der Waals surface area contributed by atoms with Crippen molar-refractivity contribution < 1.29 is 19.6 Å². The average molecular weight is 282 g/mol. The number of nitro groups is 1. The van der Waals surface area contributed by atoms with Crippen LogP contribution in [0.1, 0.15) is 16.8 Å². The molecular weight excluding hydrogens is 272 g/mol. The molecule has 100 valence electrons. The molecule has 7 nitrogen and oxygen atoms in total. The summed E-state index contributed by atoms with van der Waals surface area (Å²) in [5, 5.41) is 19.6. The van der Waals surface area contributed by atoms with Crippen LogP contribution in [-0.2, 0) is 4.79 Å². The highest BCUT2D eigenvalue weighted by Gasteiger charge is 2.32. The lowest BCUT2D eigenvalue weighted by Gasteiger charge is -2.16. The number of hydrogen-bond donors (Lipinski definition) is 2. The fourth-order valence-corrected chi connectivity index (χ4v) is 2.27. The number of carbonyl (C=O) groups excluding carboxylic acids is 1. The first-order valence-corrected chi connectivity index (χ1v) is 5.92. The second-order valence-electron chi connectivity index (χ2n) is 4.13. The topological polar surface area (TPSA) is 101 Å². The number of nitro benzene ring substituents is 1. The molecule has 1 atom stereocenters. The fourth-order valence-electron chi connectivity index (χ4n) is 1.95. The van der Waals surface area contributed by atoms with Gasteiger partial charge in [-0.25, -0.2) is 4.79 Å². The third-order valence-corrected chi connectivity index (χ3v) is 3.16. The number of carbonyl (C=O) groups is 2. The molecule has 0 bridgehead atoms. The van der Waals surface area contributed by atoms with Crippen LogP contribution in [0.2, 0.25) is 0 Å². The molecule has 19 heavy (non-hydrogen) atoms. The van der Waals surface area contributed by atoms with Crippen molar-refractivity contribution in [1.82, 2.24) is 0 Å². The van der Waals surface area contributed by atoms with E-state index in [1.807, 2.05) is 0 Å². The maximum absolute atomic E-state index is 11.7. The van der Waals surface area contributed by atoms with Gasteiger partial charge in [0.2, 0.25) is 5.91 Å². The van der Waals surface area contributed by atoms with Gasteiger partial charge in [-0.1, -0.05) is 0 Å². The zero-order valence-electron chi connectivity index (χ0n) is 9.65. The molecule has 1 heterocycles. The van der Waals surface area contributed by atoms with Gasteiger partial charge in [-0.3, -0.25) is 14.9 Å². The highest BCUT2D eigenvalue weighted by Crippen LogP contribution is 2.33. The van der Waals surface area contributed by atoms with Gasteiger partial charge in [-0.15, -0.1) is 0 Å². The average Bonchev–Trinajstić information content (AvgIpc) is 2.67. The summed E-state index contributed by atoms with van der Waals surface area (Å²) in [7, 11) is 0. The number of benzene rings is 1. The summed E-state index contributed by atoms with van der Waals surface area (Å²) in [6.45, 7) is 0.273. The molecule has 1 N–H and O–H groups in total. The largest absolute Gasteiger partial charge is 0.478 e. The normalized spacial score (nSPS) is 18.7. The third-order valence-electron chi connectivity index (χ3n) is 2.81. The molecule has 1 saturated heterocycles. The number of amides is 1. The SMILES string of the molecule is O=C(O)c1ccc(N2CC(S)CC2=O)c([N+](=O)[O-])c1. The maximum Gasteiger partial charge on any atom is 0.335 e. The van der Waals surface area contributed by atoms with Crippen LogP contribution in [0.4, 0.5) is 11.4 Å². The lowest BCUT2D eigenvalue weighted by molar-refractivity contribution is -0.384.